The zero-order chi connectivity index (χ0) is 11.7. The molecule has 0 aliphatic heterocycles. The van der Waals surface area contributed by atoms with Crippen LogP contribution in [0, 0.1) is 0 Å². The van der Waals surface area contributed by atoms with Crippen molar-refractivity contribution < 1.29 is 9.90 Å². The predicted octanol–water partition coefficient (Wildman–Crippen LogP) is 2.08. The molecule has 0 fully saturated rings. The van der Waals surface area contributed by atoms with Gasteiger partial charge in [0.15, 0.2) is 0 Å². The molecular weight excluding hydrogens is 204 g/mol. The van der Waals surface area contributed by atoms with Crippen LogP contribution in [-0.4, -0.2) is 16.1 Å². The van der Waals surface area contributed by atoms with Crippen LogP contribution in [0.3, 0.4) is 0 Å². The number of nitrogens with zero attached hydrogens (tertiary/aromatic N) is 1. The first kappa shape index (κ1) is 10.4. The predicted molar refractivity (Wildman–Crippen MR) is 62.5 cm³/mol. The number of hydrogen-bond acceptors (Lipinski definition) is 3. The van der Waals surface area contributed by atoms with E-state index in [0.717, 1.165) is 22.9 Å². The van der Waals surface area contributed by atoms with E-state index in [0.29, 0.717) is 0 Å². The van der Waals surface area contributed by atoms with E-state index in [2.05, 4.69) is 4.98 Å². The Kier molecular flexibility index (Phi) is 2.48. The van der Waals surface area contributed by atoms with Gasteiger partial charge in [0, 0.05) is 5.39 Å². The van der Waals surface area contributed by atoms with Crippen molar-refractivity contribution >= 4 is 22.7 Å². The van der Waals surface area contributed by atoms with Crippen molar-refractivity contribution in [3.05, 3.63) is 35.4 Å². The topological polar surface area (TPSA) is 76.2 Å². The highest BCUT2D eigenvalue weighted by Gasteiger charge is 2.11. The van der Waals surface area contributed by atoms with E-state index in [1.54, 1.807) is 6.07 Å². The lowest BCUT2D eigenvalue weighted by molar-refractivity contribution is 0.0698. The average molecular weight is 216 g/mol. The first-order valence-corrected chi connectivity index (χ1v) is 5.05. The van der Waals surface area contributed by atoms with E-state index < -0.39 is 5.97 Å². The molecule has 0 spiro atoms. The lowest BCUT2D eigenvalue weighted by Gasteiger charge is -2.06. The van der Waals surface area contributed by atoms with Crippen molar-refractivity contribution in [3.8, 4) is 0 Å². The van der Waals surface area contributed by atoms with Crippen LogP contribution in [0.2, 0.25) is 0 Å². The highest BCUT2D eigenvalue weighted by Crippen LogP contribution is 2.21. The van der Waals surface area contributed by atoms with Crippen LogP contribution in [-0.2, 0) is 6.42 Å². The molecule has 0 aliphatic rings. The number of anilines is 1. The molecule has 0 aliphatic carbocycles. The van der Waals surface area contributed by atoms with Crippen LogP contribution in [0.5, 0.6) is 0 Å². The molecule has 4 nitrogen and oxygen atoms in total. The first-order chi connectivity index (χ1) is 7.63. The van der Waals surface area contributed by atoms with Gasteiger partial charge in [0.25, 0.3) is 0 Å². The fourth-order valence-corrected chi connectivity index (χ4v) is 1.73. The van der Waals surface area contributed by atoms with Crippen LogP contribution in [0.25, 0.3) is 10.9 Å². The number of hydrogen-bond donors (Lipinski definition) is 2. The first-order valence-electron chi connectivity index (χ1n) is 5.05. The molecule has 4 heteroatoms. The highest BCUT2D eigenvalue weighted by atomic mass is 16.4. The summed E-state index contributed by atoms with van der Waals surface area (Å²) < 4.78 is 0. The average Bonchev–Trinajstić information content (AvgIpc) is 2.27. The summed E-state index contributed by atoms with van der Waals surface area (Å²) in [4.78, 5) is 15.1. The number of carboxylic acid groups (broad SMARTS) is 1. The molecule has 0 bridgehead atoms. The molecule has 1 aromatic heterocycles. The van der Waals surface area contributed by atoms with E-state index >= 15 is 0 Å². The molecule has 0 saturated carbocycles. The summed E-state index contributed by atoms with van der Waals surface area (Å²) in [5, 5.41) is 9.74. The Labute approximate surface area is 92.7 Å². The summed E-state index contributed by atoms with van der Waals surface area (Å²) in [6.07, 6.45) is 0.843. The Morgan fingerprint density at radius 3 is 2.88 bits per heavy atom. The Morgan fingerprint density at radius 1 is 1.50 bits per heavy atom. The molecule has 0 radical (unpaired) electrons. The van der Waals surface area contributed by atoms with E-state index in [1.807, 2.05) is 25.1 Å². The quantitative estimate of drug-likeness (QED) is 0.805. The van der Waals surface area contributed by atoms with Gasteiger partial charge >= 0.3 is 5.97 Å². The number of fused-ring (bicyclic) bond motifs is 1. The Hall–Kier alpha value is -2.10. The summed E-state index contributed by atoms with van der Waals surface area (Å²) in [7, 11) is 0. The maximum Gasteiger partial charge on any atom is 0.339 e. The number of rotatable bonds is 2. The minimum absolute atomic E-state index is 0.0563. The van der Waals surface area contributed by atoms with Crippen molar-refractivity contribution in [2.45, 2.75) is 13.3 Å². The maximum absolute atomic E-state index is 10.9. The van der Waals surface area contributed by atoms with Gasteiger partial charge in [-0.05, 0) is 18.1 Å². The van der Waals surface area contributed by atoms with Crippen molar-refractivity contribution in [3.63, 3.8) is 0 Å². The van der Waals surface area contributed by atoms with Crippen LogP contribution >= 0.6 is 0 Å². The molecule has 2 rings (SSSR count). The molecule has 1 aromatic carbocycles. The Morgan fingerprint density at radius 2 is 2.25 bits per heavy atom. The maximum atomic E-state index is 10.9. The van der Waals surface area contributed by atoms with Gasteiger partial charge in [-0.15, -0.1) is 0 Å². The third kappa shape index (κ3) is 1.58. The molecule has 3 N–H and O–H groups in total. The molecule has 1 heterocycles. The Bertz CT molecular complexity index is 564. The number of para-hydroxylation sites is 1. The summed E-state index contributed by atoms with van der Waals surface area (Å²) in [6, 6.07) is 7.27. The minimum atomic E-state index is -1.05. The smallest absolute Gasteiger partial charge is 0.339 e. The van der Waals surface area contributed by atoms with Gasteiger partial charge in [0.05, 0.1) is 5.52 Å². The summed E-state index contributed by atoms with van der Waals surface area (Å²) in [5.41, 5.74) is 7.53. The lowest BCUT2D eigenvalue weighted by atomic mass is 10.1. The second-order valence-corrected chi connectivity index (χ2v) is 3.57. The van der Waals surface area contributed by atoms with E-state index in [4.69, 9.17) is 10.8 Å². The summed E-state index contributed by atoms with van der Waals surface area (Å²) >= 11 is 0. The van der Waals surface area contributed by atoms with Crippen molar-refractivity contribution in [2.24, 2.45) is 0 Å². The third-order valence-corrected chi connectivity index (χ3v) is 2.57. The zero-order valence-electron chi connectivity index (χ0n) is 8.90. The van der Waals surface area contributed by atoms with Crippen LogP contribution in [0.15, 0.2) is 24.3 Å². The molecular formula is C12H12N2O2. The highest BCUT2D eigenvalue weighted by molar-refractivity contribution is 5.98. The summed E-state index contributed by atoms with van der Waals surface area (Å²) in [5.74, 6) is -0.977. The number of aryl methyl sites for hydroxylation is 1. The van der Waals surface area contributed by atoms with Crippen molar-refractivity contribution in [1.29, 1.82) is 0 Å². The lowest BCUT2D eigenvalue weighted by Crippen LogP contribution is -2.05. The van der Waals surface area contributed by atoms with Crippen LogP contribution in [0.1, 0.15) is 22.8 Å². The van der Waals surface area contributed by atoms with Gasteiger partial charge in [0.1, 0.15) is 11.4 Å². The number of aromatic nitrogens is 1. The van der Waals surface area contributed by atoms with Crippen molar-refractivity contribution in [1.82, 2.24) is 4.98 Å². The van der Waals surface area contributed by atoms with Crippen molar-refractivity contribution in [2.75, 3.05) is 5.73 Å². The number of aromatic carboxylic acids is 1. The molecule has 0 unspecified atom stereocenters. The molecule has 16 heavy (non-hydrogen) atoms. The number of nitrogen functional groups attached to an aromatic ring is 1. The normalized spacial score (nSPS) is 10.6. The number of pyridine rings is 1. The summed E-state index contributed by atoms with van der Waals surface area (Å²) in [6.45, 7) is 2.03. The van der Waals surface area contributed by atoms with Gasteiger partial charge in [0.2, 0.25) is 0 Å². The number of benzene rings is 1. The van der Waals surface area contributed by atoms with E-state index in [9.17, 15) is 4.79 Å². The molecule has 0 atom stereocenters. The van der Waals surface area contributed by atoms with Gasteiger partial charge < -0.3 is 10.8 Å². The van der Waals surface area contributed by atoms with Crippen LogP contribution in [0.4, 0.5) is 5.82 Å². The number of carbonyl (C=O) groups is 1. The standard InChI is InChI=1S/C12H12N2O2/c1-2-7-4-3-5-8-6-9(12(15)16)11(13)14-10(7)8/h3-6H,2H2,1H3,(H2,13,14)(H,15,16). The largest absolute Gasteiger partial charge is 0.478 e. The van der Waals surface area contributed by atoms with E-state index in [-0.39, 0.29) is 11.4 Å². The zero-order valence-corrected chi connectivity index (χ0v) is 8.90. The molecule has 0 saturated heterocycles. The third-order valence-electron chi connectivity index (χ3n) is 2.57. The van der Waals surface area contributed by atoms with Crippen LogP contribution < -0.4 is 5.73 Å². The van der Waals surface area contributed by atoms with Gasteiger partial charge in [-0.1, -0.05) is 25.1 Å². The number of carboxylic acids is 1. The number of nitrogens with two attached hydrogens (primary N) is 1. The van der Waals surface area contributed by atoms with Gasteiger partial charge in [-0.3, -0.25) is 0 Å². The minimum Gasteiger partial charge on any atom is -0.478 e. The monoisotopic (exact) mass is 216 g/mol. The molecule has 82 valence electrons. The molecule has 2 aromatic rings. The molecule has 0 amide bonds. The van der Waals surface area contributed by atoms with E-state index in [1.165, 1.54) is 0 Å². The Balaban J connectivity index is 2.78. The fourth-order valence-electron chi connectivity index (χ4n) is 1.73. The SMILES string of the molecule is CCc1cccc2cc(C(=O)O)c(N)nc12. The fraction of sp³-hybridized carbons (Fsp3) is 0.167. The second-order valence-electron chi connectivity index (χ2n) is 3.57. The van der Waals surface area contributed by atoms with Gasteiger partial charge in [-0.2, -0.15) is 0 Å². The second kappa shape index (κ2) is 3.81. The van der Waals surface area contributed by atoms with Gasteiger partial charge in [-0.25, -0.2) is 9.78 Å².